The van der Waals surface area contributed by atoms with Crippen LogP contribution in [0.1, 0.15) is 44.7 Å². The van der Waals surface area contributed by atoms with Crippen molar-refractivity contribution in [1.29, 1.82) is 0 Å². The Bertz CT molecular complexity index is 1260. The maximum Gasteiger partial charge on any atom is 0.313 e. The summed E-state index contributed by atoms with van der Waals surface area (Å²) in [5.74, 6) is 1.39. The molecular weight excluding hydrogens is 484 g/mol. The third kappa shape index (κ3) is 6.59. The molecule has 1 atom stereocenters. The molecule has 0 spiro atoms. The number of carbonyl (C=O) groups excluding carboxylic acids is 1. The Morgan fingerprint density at radius 2 is 1.84 bits per heavy atom. The highest BCUT2D eigenvalue weighted by Crippen LogP contribution is 2.30. The van der Waals surface area contributed by atoms with E-state index in [1.807, 2.05) is 31.2 Å². The van der Waals surface area contributed by atoms with Gasteiger partial charge in [0.2, 0.25) is 5.91 Å². The van der Waals surface area contributed by atoms with Crippen molar-refractivity contribution in [2.24, 2.45) is 0 Å². The van der Waals surface area contributed by atoms with E-state index in [1.165, 1.54) is 6.20 Å². The second kappa shape index (κ2) is 11.9. The first-order valence-electron chi connectivity index (χ1n) is 12.8. The summed E-state index contributed by atoms with van der Waals surface area (Å²) in [7, 11) is 0. The van der Waals surface area contributed by atoms with E-state index in [2.05, 4.69) is 20.2 Å². The predicted octanol–water partition coefficient (Wildman–Crippen LogP) is 4.47. The van der Waals surface area contributed by atoms with Crippen LogP contribution in [0.15, 0.2) is 60.9 Å². The fourth-order valence-corrected chi connectivity index (χ4v) is 4.35. The van der Waals surface area contributed by atoms with Crippen LogP contribution < -0.4 is 19.7 Å². The number of nitrogens with one attached hydrogen (secondary N) is 1. The van der Waals surface area contributed by atoms with Gasteiger partial charge in [-0.1, -0.05) is 36.4 Å². The molecule has 4 rings (SSSR count). The molecule has 9 nitrogen and oxygen atoms in total. The summed E-state index contributed by atoms with van der Waals surface area (Å²) in [5.41, 5.74) is 0.458. The van der Waals surface area contributed by atoms with Gasteiger partial charge in [-0.25, -0.2) is 4.98 Å². The van der Waals surface area contributed by atoms with E-state index in [4.69, 9.17) is 9.47 Å². The van der Waals surface area contributed by atoms with Crippen molar-refractivity contribution < 1.29 is 24.2 Å². The van der Waals surface area contributed by atoms with Crippen LogP contribution in [0.5, 0.6) is 11.5 Å². The van der Waals surface area contributed by atoms with Gasteiger partial charge in [0.15, 0.2) is 17.3 Å². The van der Waals surface area contributed by atoms with Crippen molar-refractivity contribution in [3.05, 3.63) is 72.1 Å². The number of anilines is 2. The minimum absolute atomic E-state index is 0.0283. The van der Waals surface area contributed by atoms with Crippen LogP contribution in [0.4, 0.5) is 11.6 Å². The molecule has 0 saturated carbocycles. The zero-order chi connectivity index (χ0) is 27.1. The SMILES string of the molecule is CCOc1ccccc1O[C@@H]1CCCN(c2cncc(NC(=O)Cc3ccc(C(C)(C)C(=O)O)cc3)n2)C1. The first-order chi connectivity index (χ1) is 18.3. The summed E-state index contributed by atoms with van der Waals surface area (Å²) >= 11 is 0. The molecule has 0 aliphatic carbocycles. The predicted molar refractivity (Wildman–Crippen MR) is 145 cm³/mol. The molecule has 1 fully saturated rings. The maximum absolute atomic E-state index is 12.7. The number of hydrogen-bond donors (Lipinski definition) is 2. The third-order valence-electron chi connectivity index (χ3n) is 6.61. The van der Waals surface area contributed by atoms with Gasteiger partial charge in [0.05, 0.1) is 37.4 Å². The van der Waals surface area contributed by atoms with Crippen LogP contribution in [0.3, 0.4) is 0 Å². The quantitative estimate of drug-likeness (QED) is 0.404. The number of benzene rings is 2. The Morgan fingerprint density at radius 3 is 2.55 bits per heavy atom. The summed E-state index contributed by atoms with van der Waals surface area (Å²) in [4.78, 5) is 35.2. The molecule has 1 saturated heterocycles. The van der Waals surface area contributed by atoms with Crippen molar-refractivity contribution in [3.8, 4) is 11.5 Å². The molecular formula is C29H34N4O5. The average molecular weight is 519 g/mol. The van der Waals surface area contributed by atoms with Gasteiger partial charge in [-0.05, 0) is 56.9 Å². The highest BCUT2D eigenvalue weighted by molar-refractivity contribution is 5.91. The van der Waals surface area contributed by atoms with Crippen molar-refractivity contribution in [3.63, 3.8) is 0 Å². The minimum atomic E-state index is -0.998. The second-order valence-corrected chi connectivity index (χ2v) is 9.82. The topological polar surface area (TPSA) is 114 Å². The number of aliphatic carboxylic acids is 1. The Hall–Kier alpha value is -4.14. The van der Waals surface area contributed by atoms with Gasteiger partial charge in [0.25, 0.3) is 0 Å². The second-order valence-electron chi connectivity index (χ2n) is 9.82. The normalized spacial score (nSPS) is 15.6. The first kappa shape index (κ1) is 26.9. The Balaban J connectivity index is 1.36. The highest BCUT2D eigenvalue weighted by Gasteiger charge is 2.29. The number of carboxylic acid groups (broad SMARTS) is 1. The molecule has 200 valence electrons. The minimum Gasteiger partial charge on any atom is -0.490 e. The standard InChI is InChI=1S/C29H34N4O5/c1-4-37-23-9-5-6-10-24(23)38-22-8-7-15-33(19-22)26-18-30-17-25(31-26)32-27(34)16-20-11-13-21(14-12-20)29(2,3)28(35)36/h5-6,9-14,17-18,22H,4,7-8,15-16,19H2,1-3H3,(H,35,36)(H,31,32,34)/t22-/m1/s1. The van der Waals surface area contributed by atoms with E-state index in [9.17, 15) is 14.7 Å². The Labute approximate surface area is 222 Å². The van der Waals surface area contributed by atoms with E-state index < -0.39 is 11.4 Å². The number of piperidine rings is 1. The lowest BCUT2D eigenvalue weighted by molar-refractivity contribution is -0.142. The number of aromatic nitrogens is 2. The molecule has 1 aliphatic rings. The van der Waals surface area contributed by atoms with Gasteiger partial charge in [0.1, 0.15) is 11.9 Å². The van der Waals surface area contributed by atoms with Crippen LogP contribution >= 0.6 is 0 Å². The Morgan fingerprint density at radius 1 is 1.11 bits per heavy atom. The van der Waals surface area contributed by atoms with Crippen molar-refractivity contribution in [2.75, 3.05) is 29.9 Å². The average Bonchev–Trinajstić information content (AvgIpc) is 2.90. The molecule has 0 unspecified atom stereocenters. The van der Waals surface area contributed by atoms with E-state index in [0.29, 0.717) is 30.4 Å². The summed E-state index contributed by atoms with van der Waals surface area (Å²) in [6.45, 7) is 7.28. The third-order valence-corrected chi connectivity index (χ3v) is 6.61. The lowest BCUT2D eigenvalue weighted by Crippen LogP contribution is -2.41. The number of amides is 1. The number of carbonyl (C=O) groups is 2. The number of hydrogen-bond acceptors (Lipinski definition) is 7. The molecule has 2 N–H and O–H groups in total. The number of nitrogens with zero attached hydrogens (tertiary/aromatic N) is 3. The van der Waals surface area contributed by atoms with Crippen LogP contribution in [0, 0.1) is 0 Å². The number of para-hydroxylation sites is 2. The molecule has 1 amide bonds. The fraction of sp³-hybridized carbons (Fsp3) is 0.379. The van der Waals surface area contributed by atoms with Crippen LogP contribution in [-0.2, 0) is 21.4 Å². The molecule has 9 heteroatoms. The van der Waals surface area contributed by atoms with Gasteiger partial charge >= 0.3 is 5.97 Å². The monoisotopic (exact) mass is 518 g/mol. The number of rotatable bonds is 10. The number of carboxylic acids is 1. The van der Waals surface area contributed by atoms with E-state index in [-0.39, 0.29) is 18.4 Å². The van der Waals surface area contributed by atoms with Crippen LogP contribution in [0.25, 0.3) is 0 Å². The van der Waals surface area contributed by atoms with Crippen molar-refractivity contribution in [1.82, 2.24) is 9.97 Å². The molecule has 38 heavy (non-hydrogen) atoms. The van der Waals surface area contributed by atoms with E-state index in [0.717, 1.165) is 36.4 Å². The summed E-state index contributed by atoms with van der Waals surface area (Å²) < 4.78 is 12.0. The Kier molecular flexibility index (Phi) is 8.45. The molecule has 2 aromatic carbocycles. The molecule has 0 radical (unpaired) electrons. The molecule has 3 aromatic rings. The summed E-state index contributed by atoms with van der Waals surface area (Å²) in [5, 5.41) is 12.2. The highest BCUT2D eigenvalue weighted by atomic mass is 16.5. The van der Waals surface area contributed by atoms with Crippen molar-refractivity contribution >= 4 is 23.5 Å². The first-order valence-corrected chi connectivity index (χ1v) is 12.8. The zero-order valence-electron chi connectivity index (χ0n) is 22.0. The van der Waals surface area contributed by atoms with E-state index in [1.54, 1.807) is 44.3 Å². The van der Waals surface area contributed by atoms with Gasteiger partial charge < -0.3 is 24.8 Å². The molecule has 1 aromatic heterocycles. The fourth-order valence-electron chi connectivity index (χ4n) is 4.35. The van der Waals surface area contributed by atoms with Gasteiger partial charge in [-0.3, -0.25) is 14.6 Å². The van der Waals surface area contributed by atoms with Gasteiger partial charge in [-0.15, -0.1) is 0 Å². The summed E-state index contributed by atoms with van der Waals surface area (Å²) in [6, 6.07) is 14.7. The molecule has 0 bridgehead atoms. The largest absolute Gasteiger partial charge is 0.490 e. The molecule has 2 heterocycles. The molecule has 1 aliphatic heterocycles. The maximum atomic E-state index is 12.7. The summed E-state index contributed by atoms with van der Waals surface area (Å²) in [6.07, 6.45) is 5.18. The van der Waals surface area contributed by atoms with Crippen LogP contribution in [-0.4, -0.2) is 52.8 Å². The lowest BCUT2D eigenvalue weighted by atomic mass is 9.84. The van der Waals surface area contributed by atoms with Gasteiger partial charge in [0, 0.05) is 6.54 Å². The van der Waals surface area contributed by atoms with E-state index >= 15 is 0 Å². The van der Waals surface area contributed by atoms with Gasteiger partial charge in [-0.2, -0.15) is 0 Å². The lowest BCUT2D eigenvalue weighted by Gasteiger charge is -2.33. The number of ether oxygens (including phenoxy) is 2. The van der Waals surface area contributed by atoms with Crippen molar-refractivity contribution in [2.45, 2.75) is 51.6 Å². The van der Waals surface area contributed by atoms with Crippen LogP contribution in [0.2, 0.25) is 0 Å². The smallest absolute Gasteiger partial charge is 0.313 e. The zero-order valence-corrected chi connectivity index (χ0v) is 22.0.